The van der Waals surface area contributed by atoms with Gasteiger partial charge in [-0.25, -0.2) is 9.97 Å². The first-order valence-corrected chi connectivity index (χ1v) is 11.2. The van der Waals surface area contributed by atoms with Gasteiger partial charge < -0.3 is 15.3 Å². The van der Waals surface area contributed by atoms with Gasteiger partial charge in [-0.15, -0.1) is 0 Å². The van der Waals surface area contributed by atoms with Crippen LogP contribution in [0.2, 0.25) is 5.02 Å². The SMILES string of the molecule is Cc1nc(N2CCN(CCO)CC2)nc2ncc(NC(=O)CCc3ccc(Cl)cc3)cc12. The van der Waals surface area contributed by atoms with Crippen molar-refractivity contribution in [3.05, 3.63) is 52.8 Å². The van der Waals surface area contributed by atoms with Crippen molar-refractivity contribution in [2.75, 3.05) is 49.5 Å². The fourth-order valence-corrected chi connectivity index (χ4v) is 3.92. The third-order valence-corrected chi connectivity index (χ3v) is 5.89. The number of hydrogen-bond acceptors (Lipinski definition) is 7. The van der Waals surface area contributed by atoms with Gasteiger partial charge in [0, 0.05) is 49.6 Å². The highest BCUT2D eigenvalue weighted by Crippen LogP contribution is 2.22. The summed E-state index contributed by atoms with van der Waals surface area (Å²) in [5.41, 5.74) is 3.14. The number of pyridine rings is 1. The molecule has 0 aliphatic carbocycles. The molecule has 0 unspecified atom stereocenters. The van der Waals surface area contributed by atoms with Crippen LogP contribution in [0, 0.1) is 6.92 Å². The number of piperazine rings is 1. The number of rotatable bonds is 7. The quantitative estimate of drug-likeness (QED) is 0.566. The van der Waals surface area contributed by atoms with E-state index in [0.29, 0.717) is 41.7 Å². The topological polar surface area (TPSA) is 94.5 Å². The lowest BCUT2D eigenvalue weighted by Crippen LogP contribution is -2.47. The van der Waals surface area contributed by atoms with Crippen LogP contribution in [0.15, 0.2) is 36.5 Å². The standard InChI is InChI=1S/C23H27ClN6O2/c1-16-20-14-19(27-21(32)7-4-17-2-5-18(24)6-3-17)15-25-22(20)28-23(26-16)30-10-8-29(9-11-30)12-13-31/h2-3,5-6,14-15,31H,4,7-13H2,1H3,(H,27,32). The first kappa shape index (κ1) is 22.4. The van der Waals surface area contributed by atoms with Crippen molar-refractivity contribution >= 4 is 40.2 Å². The van der Waals surface area contributed by atoms with Gasteiger partial charge in [-0.1, -0.05) is 23.7 Å². The summed E-state index contributed by atoms with van der Waals surface area (Å²) in [7, 11) is 0. The average Bonchev–Trinajstić information content (AvgIpc) is 2.80. The van der Waals surface area contributed by atoms with E-state index in [9.17, 15) is 4.79 Å². The number of nitrogens with zero attached hydrogens (tertiary/aromatic N) is 5. The van der Waals surface area contributed by atoms with Crippen molar-refractivity contribution in [1.29, 1.82) is 0 Å². The molecule has 1 saturated heterocycles. The van der Waals surface area contributed by atoms with Crippen molar-refractivity contribution in [2.45, 2.75) is 19.8 Å². The summed E-state index contributed by atoms with van der Waals surface area (Å²) in [4.78, 5) is 30.6. The second-order valence-corrected chi connectivity index (χ2v) is 8.37. The first-order chi connectivity index (χ1) is 15.5. The Hall–Kier alpha value is -2.81. The number of amides is 1. The number of benzene rings is 1. The highest BCUT2D eigenvalue weighted by molar-refractivity contribution is 6.30. The van der Waals surface area contributed by atoms with Crippen LogP contribution in [0.25, 0.3) is 11.0 Å². The lowest BCUT2D eigenvalue weighted by Gasteiger charge is -2.34. The molecular formula is C23H27ClN6O2. The van der Waals surface area contributed by atoms with Crippen molar-refractivity contribution in [2.24, 2.45) is 0 Å². The molecule has 32 heavy (non-hydrogen) atoms. The Morgan fingerprint density at radius 2 is 1.91 bits per heavy atom. The number of β-amino-alcohol motifs (C(OH)–C–C–N with tert-alkyl or cyclic N) is 1. The molecule has 1 aliphatic heterocycles. The zero-order valence-electron chi connectivity index (χ0n) is 18.1. The molecule has 8 nitrogen and oxygen atoms in total. The summed E-state index contributed by atoms with van der Waals surface area (Å²) < 4.78 is 0. The van der Waals surface area contributed by atoms with Gasteiger partial charge >= 0.3 is 0 Å². The Labute approximate surface area is 192 Å². The maximum Gasteiger partial charge on any atom is 0.227 e. The number of carbonyl (C=O) groups excluding carboxylic acids is 1. The van der Waals surface area contributed by atoms with Gasteiger partial charge in [0.15, 0.2) is 5.65 Å². The van der Waals surface area contributed by atoms with Gasteiger partial charge in [0.25, 0.3) is 0 Å². The number of anilines is 2. The summed E-state index contributed by atoms with van der Waals surface area (Å²) in [6.07, 6.45) is 2.65. The number of hydrogen-bond donors (Lipinski definition) is 2. The van der Waals surface area contributed by atoms with Crippen LogP contribution in [-0.4, -0.2) is 70.2 Å². The molecule has 0 saturated carbocycles. The smallest absolute Gasteiger partial charge is 0.227 e. The van der Waals surface area contributed by atoms with Gasteiger partial charge in [0.05, 0.1) is 24.2 Å². The molecule has 168 valence electrons. The number of aliphatic hydroxyl groups is 1. The molecule has 1 aliphatic rings. The number of carbonyl (C=O) groups is 1. The van der Waals surface area contributed by atoms with Crippen LogP contribution < -0.4 is 10.2 Å². The molecule has 9 heteroatoms. The highest BCUT2D eigenvalue weighted by Gasteiger charge is 2.20. The van der Waals surface area contributed by atoms with Crippen molar-refractivity contribution in [3.8, 4) is 0 Å². The number of fused-ring (bicyclic) bond motifs is 1. The second-order valence-electron chi connectivity index (χ2n) is 7.93. The summed E-state index contributed by atoms with van der Waals surface area (Å²) in [6.45, 7) is 6.17. The van der Waals surface area contributed by atoms with Crippen LogP contribution in [0.1, 0.15) is 17.7 Å². The van der Waals surface area contributed by atoms with E-state index in [-0.39, 0.29) is 12.5 Å². The molecule has 1 fully saturated rings. The average molecular weight is 455 g/mol. The summed E-state index contributed by atoms with van der Waals surface area (Å²) in [6, 6.07) is 9.39. The van der Waals surface area contributed by atoms with E-state index in [0.717, 1.165) is 42.8 Å². The molecule has 0 bridgehead atoms. The minimum atomic E-state index is -0.0722. The number of aliphatic hydroxyl groups excluding tert-OH is 1. The Kier molecular flexibility index (Phi) is 7.14. The largest absolute Gasteiger partial charge is 0.395 e. The van der Waals surface area contributed by atoms with Crippen LogP contribution in [0.4, 0.5) is 11.6 Å². The molecule has 0 radical (unpaired) electrons. The van der Waals surface area contributed by atoms with E-state index >= 15 is 0 Å². The molecule has 0 atom stereocenters. The number of aryl methyl sites for hydroxylation is 2. The minimum Gasteiger partial charge on any atom is -0.395 e. The van der Waals surface area contributed by atoms with Crippen molar-refractivity contribution in [1.82, 2.24) is 19.9 Å². The Morgan fingerprint density at radius 1 is 1.16 bits per heavy atom. The zero-order valence-corrected chi connectivity index (χ0v) is 18.8. The monoisotopic (exact) mass is 454 g/mol. The molecule has 1 amide bonds. The Balaban J connectivity index is 1.40. The fourth-order valence-electron chi connectivity index (χ4n) is 3.80. The third-order valence-electron chi connectivity index (χ3n) is 5.64. The van der Waals surface area contributed by atoms with Gasteiger partial charge in [-0.05, 0) is 37.1 Å². The molecule has 2 aromatic heterocycles. The van der Waals surface area contributed by atoms with E-state index in [1.165, 1.54) is 0 Å². The van der Waals surface area contributed by atoms with Crippen LogP contribution in [0.3, 0.4) is 0 Å². The molecule has 4 rings (SSSR count). The number of aromatic nitrogens is 3. The molecule has 1 aromatic carbocycles. The summed E-state index contributed by atoms with van der Waals surface area (Å²) >= 11 is 5.90. The number of halogens is 1. The molecule has 3 heterocycles. The summed E-state index contributed by atoms with van der Waals surface area (Å²) in [5, 5.41) is 13.5. The van der Waals surface area contributed by atoms with Gasteiger partial charge in [0.1, 0.15) is 0 Å². The van der Waals surface area contributed by atoms with Crippen LogP contribution in [0.5, 0.6) is 0 Å². The predicted molar refractivity (Wildman–Crippen MR) is 126 cm³/mol. The van der Waals surface area contributed by atoms with E-state index in [2.05, 4.69) is 30.1 Å². The zero-order chi connectivity index (χ0) is 22.5. The van der Waals surface area contributed by atoms with E-state index in [4.69, 9.17) is 16.7 Å². The highest BCUT2D eigenvalue weighted by atomic mass is 35.5. The predicted octanol–water partition coefficient (Wildman–Crippen LogP) is 2.67. The van der Waals surface area contributed by atoms with Crippen molar-refractivity contribution in [3.63, 3.8) is 0 Å². The second kappa shape index (κ2) is 10.2. The normalized spacial score (nSPS) is 14.7. The maximum atomic E-state index is 12.4. The Bertz CT molecular complexity index is 1080. The van der Waals surface area contributed by atoms with Gasteiger partial charge in [-0.3, -0.25) is 9.69 Å². The molecular weight excluding hydrogens is 428 g/mol. The Morgan fingerprint density at radius 3 is 2.62 bits per heavy atom. The van der Waals surface area contributed by atoms with Gasteiger partial charge in [-0.2, -0.15) is 4.98 Å². The minimum absolute atomic E-state index is 0.0722. The molecule has 3 aromatic rings. The van der Waals surface area contributed by atoms with Crippen molar-refractivity contribution < 1.29 is 9.90 Å². The van der Waals surface area contributed by atoms with Crippen LogP contribution >= 0.6 is 11.6 Å². The summed E-state index contributed by atoms with van der Waals surface area (Å²) in [5.74, 6) is 0.600. The molecule has 2 N–H and O–H groups in total. The van der Waals surface area contributed by atoms with Gasteiger partial charge in [0.2, 0.25) is 11.9 Å². The maximum absolute atomic E-state index is 12.4. The van der Waals surface area contributed by atoms with E-state index < -0.39 is 0 Å². The van der Waals surface area contributed by atoms with E-state index in [1.54, 1.807) is 6.20 Å². The first-order valence-electron chi connectivity index (χ1n) is 10.8. The lowest BCUT2D eigenvalue weighted by molar-refractivity contribution is -0.116. The third kappa shape index (κ3) is 5.51. The van der Waals surface area contributed by atoms with E-state index in [1.807, 2.05) is 37.3 Å². The number of nitrogens with one attached hydrogen (secondary N) is 1. The molecule has 0 spiro atoms. The fraction of sp³-hybridized carbons (Fsp3) is 0.391. The lowest BCUT2D eigenvalue weighted by atomic mass is 10.1. The van der Waals surface area contributed by atoms with Crippen LogP contribution in [-0.2, 0) is 11.2 Å².